The molecule has 0 aliphatic carbocycles. The highest BCUT2D eigenvalue weighted by Gasteiger charge is 2.13. The third-order valence-corrected chi connectivity index (χ3v) is 3.08. The van der Waals surface area contributed by atoms with Gasteiger partial charge in [0, 0.05) is 18.3 Å². The Bertz CT molecular complexity index is 637. The molecule has 0 bridgehead atoms. The Morgan fingerprint density at radius 3 is 2.79 bits per heavy atom. The summed E-state index contributed by atoms with van der Waals surface area (Å²) in [6, 6.07) is 3.93. The first-order valence-corrected chi connectivity index (χ1v) is 7.29. The van der Waals surface area contributed by atoms with Gasteiger partial charge in [-0.15, -0.1) is 0 Å². The van der Waals surface area contributed by atoms with Crippen molar-refractivity contribution in [2.45, 2.75) is 18.9 Å². The number of aromatic hydroxyl groups is 1. The molecule has 0 saturated heterocycles. The topological polar surface area (TPSA) is 144 Å². The molecule has 0 spiro atoms. The van der Waals surface area contributed by atoms with Gasteiger partial charge in [-0.1, -0.05) is 0 Å². The zero-order valence-electron chi connectivity index (χ0n) is 13.4. The number of rotatable bonds is 9. The van der Waals surface area contributed by atoms with Crippen LogP contribution in [-0.2, 0) is 4.79 Å². The van der Waals surface area contributed by atoms with Gasteiger partial charge in [-0.2, -0.15) is 0 Å². The fourth-order valence-corrected chi connectivity index (χ4v) is 1.85. The summed E-state index contributed by atoms with van der Waals surface area (Å²) in [6.45, 7) is 0.356. The van der Waals surface area contributed by atoms with Gasteiger partial charge in [-0.05, 0) is 43.2 Å². The number of nitrogens with two attached hydrogens (primary N) is 2. The van der Waals surface area contributed by atoms with Gasteiger partial charge in [0.15, 0.2) is 5.96 Å². The molecule has 24 heavy (non-hydrogen) atoms. The zero-order valence-corrected chi connectivity index (χ0v) is 13.4. The smallest absolute Gasteiger partial charge is 0.328 e. The van der Waals surface area contributed by atoms with Crippen LogP contribution in [-0.4, -0.2) is 48.1 Å². The number of hydrogen-bond acceptors (Lipinski definition) is 5. The van der Waals surface area contributed by atoms with Crippen LogP contribution in [0.4, 0.5) is 0 Å². The Hall–Kier alpha value is -3.03. The molecular weight excluding hydrogens is 312 g/mol. The van der Waals surface area contributed by atoms with Crippen LogP contribution in [0.1, 0.15) is 18.4 Å². The van der Waals surface area contributed by atoms with E-state index in [-0.39, 0.29) is 11.7 Å². The maximum absolute atomic E-state index is 11.1. The molecule has 6 N–H and O–H groups in total. The second kappa shape index (κ2) is 9.88. The summed E-state index contributed by atoms with van der Waals surface area (Å²) in [5.74, 6) is -0.347. The van der Waals surface area contributed by atoms with E-state index in [0.29, 0.717) is 30.7 Å². The van der Waals surface area contributed by atoms with Crippen molar-refractivity contribution >= 4 is 24.2 Å². The molecule has 8 heteroatoms. The minimum atomic E-state index is -1.02. The van der Waals surface area contributed by atoms with Gasteiger partial charge in [0.25, 0.3) is 0 Å². The van der Waals surface area contributed by atoms with Crippen molar-refractivity contribution in [3.63, 3.8) is 0 Å². The maximum Gasteiger partial charge on any atom is 0.328 e. The monoisotopic (exact) mass is 334 g/mol. The van der Waals surface area contributed by atoms with E-state index < -0.39 is 12.0 Å². The molecule has 1 rings (SSSR count). The third-order valence-electron chi connectivity index (χ3n) is 3.08. The predicted octanol–water partition coefficient (Wildman–Crippen LogP) is 0.992. The Labute approximate surface area is 140 Å². The number of phenolic OH excluding ortho intramolecular Hbond substituents is 1. The summed E-state index contributed by atoms with van der Waals surface area (Å²) >= 11 is 0. The lowest BCUT2D eigenvalue weighted by atomic mass is 10.1. The first-order chi connectivity index (χ1) is 11.4. The first-order valence-electron chi connectivity index (χ1n) is 7.29. The minimum Gasteiger partial charge on any atom is -0.507 e. The average Bonchev–Trinajstić information content (AvgIpc) is 2.54. The van der Waals surface area contributed by atoms with E-state index in [4.69, 9.17) is 21.3 Å². The SMILES string of the molecule is COc1ccc(O)c(/C=C/C=N[C@@H](CCCN=C(N)N)C(=O)O)c1. The van der Waals surface area contributed by atoms with Gasteiger partial charge in [-0.25, -0.2) is 4.79 Å². The van der Waals surface area contributed by atoms with Gasteiger partial charge >= 0.3 is 5.97 Å². The molecule has 0 heterocycles. The number of ether oxygens (including phenoxy) is 1. The van der Waals surface area contributed by atoms with Crippen molar-refractivity contribution < 1.29 is 19.7 Å². The number of nitrogens with zero attached hydrogens (tertiary/aromatic N) is 2. The van der Waals surface area contributed by atoms with Crippen molar-refractivity contribution in [3.8, 4) is 11.5 Å². The molecule has 0 aliphatic heterocycles. The number of carboxylic acid groups (broad SMARTS) is 1. The first kappa shape index (κ1) is 19.0. The van der Waals surface area contributed by atoms with Gasteiger partial charge < -0.3 is 26.4 Å². The van der Waals surface area contributed by atoms with E-state index >= 15 is 0 Å². The molecule has 0 radical (unpaired) electrons. The molecule has 0 amide bonds. The van der Waals surface area contributed by atoms with Gasteiger partial charge in [-0.3, -0.25) is 9.98 Å². The standard InChI is InChI=1S/C16H22N4O4/c1-24-12-6-7-14(21)11(10-12)4-2-8-19-13(15(22)23)5-3-9-20-16(17)18/h2,4,6-8,10,13,21H,3,5,9H2,1H3,(H,22,23)(H4,17,18,20)/b4-2+,19-8?/t13-/m0/s1. The second-order valence-corrected chi connectivity index (χ2v) is 4.88. The third kappa shape index (κ3) is 6.82. The number of hydrogen-bond donors (Lipinski definition) is 4. The van der Waals surface area contributed by atoms with Crippen molar-refractivity contribution in [2.75, 3.05) is 13.7 Å². The molecule has 130 valence electrons. The number of carboxylic acids is 1. The summed E-state index contributed by atoms with van der Waals surface area (Å²) in [7, 11) is 1.53. The molecule has 8 nitrogen and oxygen atoms in total. The average molecular weight is 334 g/mol. The fourth-order valence-electron chi connectivity index (χ4n) is 1.85. The van der Waals surface area contributed by atoms with Crippen LogP contribution in [0.25, 0.3) is 6.08 Å². The van der Waals surface area contributed by atoms with Crippen LogP contribution < -0.4 is 16.2 Å². The lowest BCUT2D eigenvalue weighted by Crippen LogP contribution is -2.23. The van der Waals surface area contributed by atoms with E-state index in [0.717, 1.165) is 0 Å². The molecule has 1 atom stereocenters. The molecule has 0 fully saturated rings. The maximum atomic E-state index is 11.1. The van der Waals surface area contributed by atoms with E-state index in [2.05, 4.69) is 9.98 Å². The summed E-state index contributed by atoms with van der Waals surface area (Å²) in [5.41, 5.74) is 10.9. The van der Waals surface area contributed by atoms with Gasteiger partial charge in [0.1, 0.15) is 17.5 Å². The summed E-state index contributed by atoms with van der Waals surface area (Å²) in [6.07, 6.45) is 5.38. The Kier molecular flexibility index (Phi) is 7.83. The van der Waals surface area contributed by atoms with Crippen LogP contribution in [0.15, 0.2) is 34.3 Å². The molecule has 0 unspecified atom stereocenters. The fraction of sp³-hybridized carbons (Fsp3) is 0.312. The number of carbonyl (C=O) groups is 1. The lowest BCUT2D eigenvalue weighted by Gasteiger charge is -2.05. The van der Waals surface area contributed by atoms with Crippen LogP contribution in [0.2, 0.25) is 0 Å². The molecule has 0 aliphatic rings. The van der Waals surface area contributed by atoms with Gasteiger partial charge in [0.2, 0.25) is 0 Å². The highest BCUT2D eigenvalue weighted by molar-refractivity contribution is 5.83. The number of aliphatic imine (C=N–C) groups is 2. The highest BCUT2D eigenvalue weighted by atomic mass is 16.5. The number of benzene rings is 1. The van der Waals surface area contributed by atoms with Crippen molar-refractivity contribution in [1.29, 1.82) is 0 Å². The number of aliphatic carboxylic acids is 1. The highest BCUT2D eigenvalue weighted by Crippen LogP contribution is 2.23. The summed E-state index contributed by atoms with van der Waals surface area (Å²) in [4.78, 5) is 18.9. The normalized spacial score (nSPS) is 12.4. The van der Waals surface area contributed by atoms with E-state index in [9.17, 15) is 9.90 Å². The quantitative estimate of drug-likeness (QED) is 0.301. The van der Waals surface area contributed by atoms with E-state index in [1.54, 1.807) is 24.3 Å². The Morgan fingerprint density at radius 1 is 1.42 bits per heavy atom. The number of allylic oxidation sites excluding steroid dienone is 1. The Morgan fingerprint density at radius 2 is 2.17 bits per heavy atom. The molecular formula is C16H22N4O4. The number of guanidine groups is 1. The van der Waals surface area contributed by atoms with Crippen molar-refractivity contribution in [2.24, 2.45) is 21.5 Å². The van der Waals surface area contributed by atoms with Gasteiger partial charge in [0.05, 0.1) is 7.11 Å². The van der Waals surface area contributed by atoms with Crippen LogP contribution in [0, 0.1) is 0 Å². The van der Waals surface area contributed by atoms with Crippen LogP contribution >= 0.6 is 0 Å². The lowest BCUT2D eigenvalue weighted by molar-refractivity contribution is -0.138. The molecule has 0 aromatic heterocycles. The Balaban J connectivity index is 2.64. The van der Waals surface area contributed by atoms with Crippen LogP contribution in [0.3, 0.4) is 0 Å². The van der Waals surface area contributed by atoms with E-state index in [1.165, 1.54) is 19.4 Å². The number of methoxy groups -OCH3 is 1. The zero-order chi connectivity index (χ0) is 17.9. The number of phenols is 1. The molecule has 0 saturated carbocycles. The second-order valence-electron chi connectivity index (χ2n) is 4.88. The largest absolute Gasteiger partial charge is 0.507 e. The van der Waals surface area contributed by atoms with E-state index in [1.807, 2.05) is 0 Å². The predicted molar refractivity (Wildman–Crippen MR) is 93.5 cm³/mol. The summed E-state index contributed by atoms with van der Waals surface area (Å²) in [5, 5.41) is 18.9. The van der Waals surface area contributed by atoms with Crippen LogP contribution in [0.5, 0.6) is 11.5 Å². The van der Waals surface area contributed by atoms with Crippen molar-refractivity contribution in [1.82, 2.24) is 0 Å². The molecule has 1 aromatic carbocycles. The summed E-state index contributed by atoms with van der Waals surface area (Å²) < 4.78 is 5.07. The minimum absolute atomic E-state index is 0.0218. The van der Waals surface area contributed by atoms with Crippen molar-refractivity contribution in [3.05, 3.63) is 29.8 Å². The molecule has 1 aromatic rings.